The first-order valence-corrected chi connectivity index (χ1v) is 11.1. The molecule has 0 radical (unpaired) electrons. The maximum Gasteiger partial charge on any atom is 0.220 e. The maximum absolute atomic E-state index is 12.4. The van der Waals surface area contributed by atoms with Gasteiger partial charge in [-0.2, -0.15) is 5.26 Å². The van der Waals surface area contributed by atoms with Crippen LogP contribution < -0.4 is 5.32 Å². The van der Waals surface area contributed by atoms with Crippen molar-refractivity contribution < 1.29 is 4.79 Å². The molecule has 1 aliphatic rings. The molecule has 0 spiro atoms. The van der Waals surface area contributed by atoms with Crippen molar-refractivity contribution in [3.05, 3.63) is 77.0 Å². The van der Waals surface area contributed by atoms with E-state index in [0.29, 0.717) is 25.3 Å². The van der Waals surface area contributed by atoms with Gasteiger partial charge in [-0.3, -0.25) is 4.79 Å². The summed E-state index contributed by atoms with van der Waals surface area (Å²) in [5, 5.41) is 12.1. The lowest BCUT2D eigenvalue weighted by molar-refractivity contribution is -0.122. The van der Waals surface area contributed by atoms with E-state index in [1.54, 1.807) is 0 Å². The quantitative estimate of drug-likeness (QED) is 0.564. The molecule has 0 bridgehead atoms. The maximum atomic E-state index is 12.4. The summed E-state index contributed by atoms with van der Waals surface area (Å²) >= 11 is 0. The molecule has 1 saturated carbocycles. The van der Waals surface area contributed by atoms with Gasteiger partial charge >= 0.3 is 0 Å². The highest BCUT2D eigenvalue weighted by atomic mass is 16.1. The van der Waals surface area contributed by atoms with Crippen LogP contribution in [0.4, 0.5) is 0 Å². The summed E-state index contributed by atoms with van der Waals surface area (Å²) < 4.78 is 2.25. The molecule has 158 valence electrons. The SMILES string of the molecule is Cc1ccc(-c2ccc(CCC(=O)NC3CCC3)n2-c2ccc(CC#N)cc2)c(C)c1. The predicted octanol–water partition coefficient (Wildman–Crippen LogP) is 5.43. The van der Waals surface area contributed by atoms with E-state index in [9.17, 15) is 4.79 Å². The highest BCUT2D eigenvalue weighted by Gasteiger charge is 2.20. The van der Waals surface area contributed by atoms with Crippen molar-refractivity contribution in [3.63, 3.8) is 0 Å². The predicted molar refractivity (Wildman–Crippen MR) is 124 cm³/mol. The highest BCUT2D eigenvalue weighted by Crippen LogP contribution is 2.30. The number of hydrogen-bond acceptors (Lipinski definition) is 2. The molecule has 1 aromatic heterocycles. The highest BCUT2D eigenvalue weighted by molar-refractivity contribution is 5.77. The molecule has 2 aromatic carbocycles. The molecule has 1 heterocycles. The van der Waals surface area contributed by atoms with Crippen LogP contribution in [0.1, 0.15) is 48.1 Å². The molecule has 4 heteroatoms. The molecule has 1 amide bonds. The summed E-state index contributed by atoms with van der Waals surface area (Å²) in [6.07, 6.45) is 5.00. The minimum atomic E-state index is 0.134. The molecule has 4 nitrogen and oxygen atoms in total. The summed E-state index contributed by atoms with van der Waals surface area (Å²) in [6, 6.07) is 21.5. The first kappa shape index (κ1) is 20.9. The van der Waals surface area contributed by atoms with Crippen molar-refractivity contribution in [1.29, 1.82) is 5.26 Å². The first-order valence-electron chi connectivity index (χ1n) is 11.1. The summed E-state index contributed by atoms with van der Waals surface area (Å²) in [4.78, 5) is 12.4. The second-order valence-electron chi connectivity index (χ2n) is 8.56. The molecular formula is C27H29N3O. The number of benzene rings is 2. The summed E-state index contributed by atoms with van der Waals surface area (Å²) in [5.74, 6) is 0.134. The molecule has 1 fully saturated rings. The van der Waals surface area contributed by atoms with Crippen molar-refractivity contribution in [2.75, 3.05) is 0 Å². The molecule has 1 aliphatic carbocycles. The fourth-order valence-corrected chi connectivity index (χ4v) is 4.24. The van der Waals surface area contributed by atoms with Crippen molar-refractivity contribution in [2.24, 2.45) is 0 Å². The minimum absolute atomic E-state index is 0.134. The monoisotopic (exact) mass is 411 g/mol. The van der Waals surface area contributed by atoms with Crippen LogP contribution in [0.2, 0.25) is 0 Å². The van der Waals surface area contributed by atoms with E-state index in [0.717, 1.165) is 35.5 Å². The van der Waals surface area contributed by atoms with Crippen molar-refractivity contribution in [2.45, 2.75) is 58.4 Å². The van der Waals surface area contributed by atoms with Gasteiger partial charge in [0.1, 0.15) is 0 Å². The Kier molecular flexibility index (Phi) is 6.23. The van der Waals surface area contributed by atoms with Gasteiger partial charge in [-0.05, 0) is 74.9 Å². The zero-order valence-corrected chi connectivity index (χ0v) is 18.3. The number of rotatable bonds is 7. The Morgan fingerprint density at radius 3 is 2.52 bits per heavy atom. The van der Waals surface area contributed by atoms with Crippen molar-refractivity contribution in [1.82, 2.24) is 9.88 Å². The fourth-order valence-electron chi connectivity index (χ4n) is 4.24. The number of carbonyl (C=O) groups is 1. The average molecular weight is 412 g/mol. The van der Waals surface area contributed by atoms with Crippen LogP contribution in [0.5, 0.6) is 0 Å². The van der Waals surface area contributed by atoms with Crippen LogP contribution in [0.3, 0.4) is 0 Å². The van der Waals surface area contributed by atoms with Gasteiger partial charge in [-0.25, -0.2) is 0 Å². The van der Waals surface area contributed by atoms with Crippen LogP contribution in [-0.2, 0) is 17.6 Å². The van der Waals surface area contributed by atoms with Gasteiger partial charge in [-0.1, -0.05) is 35.9 Å². The summed E-state index contributed by atoms with van der Waals surface area (Å²) in [7, 11) is 0. The van der Waals surface area contributed by atoms with Gasteiger partial charge < -0.3 is 9.88 Å². The standard InChI is InChI=1S/C27H29N3O/c1-19-6-13-25(20(2)18-19)26-14-11-24(12-15-27(31)29-22-4-3-5-22)30(26)23-9-7-21(8-10-23)16-17-28/h6-11,13-14,18,22H,3-5,12,15-16H2,1-2H3,(H,29,31). The number of aryl methyl sites for hydroxylation is 3. The molecule has 4 rings (SSSR count). The van der Waals surface area contributed by atoms with E-state index < -0.39 is 0 Å². The Balaban J connectivity index is 1.66. The lowest BCUT2D eigenvalue weighted by Gasteiger charge is -2.26. The number of hydrogen-bond donors (Lipinski definition) is 1. The topological polar surface area (TPSA) is 57.8 Å². The molecule has 1 N–H and O–H groups in total. The third-order valence-corrected chi connectivity index (χ3v) is 6.18. The zero-order chi connectivity index (χ0) is 21.8. The first-order chi connectivity index (χ1) is 15.0. The summed E-state index contributed by atoms with van der Waals surface area (Å²) in [6.45, 7) is 4.25. The summed E-state index contributed by atoms with van der Waals surface area (Å²) in [5.41, 5.74) is 7.97. The Morgan fingerprint density at radius 1 is 1.10 bits per heavy atom. The number of nitrogens with one attached hydrogen (secondary N) is 1. The minimum Gasteiger partial charge on any atom is -0.353 e. The van der Waals surface area contributed by atoms with Gasteiger partial charge in [0.25, 0.3) is 0 Å². The molecule has 31 heavy (non-hydrogen) atoms. The molecular weight excluding hydrogens is 382 g/mol. The third kappa shape index (κ3) is 4.72. The normalized spacial score (nSPS) is 13.5. The van der Waals surface area contributed by atoms with E-state index in [2.05, 4.69) is 72.3 Å². The number of aromatic nitrogens is 1. The lowest BCUT2D eigenvalue weighted by atomic mass is 9.93. The van der Waals surface area contributed by atoms with E-state index in [1.165, 1.54) is 23.1 Å². The Hall–Kier alpha value is -3.32. The van der Waals surface area contributed by atoms with Crippen molar-refractivity contribution >= 4 is 5.91 Å². The molecule has 3 aromatic rings. The number of nitriles is 1. The fraction of sp³-hybridized carbons (Fsp3) is 0.333. The molecule has 0 saturated heterocycles. The number of nitrogens with zero attached hydrogens (tertiary/aromatic N) is 2. The van der Waals surface area contributed by atoms with E-state index in [4.69, 9.17) is 5.26 Å². The Morgan fingerprint density at radius 2 is 1.87 bits per heavy atom. The van der Waals surface area contributed by atoms with E-state index in [1.807, 2.05) is 12.1 Å². The third-order valence-electron chi connectivity index (χ3n) is 6.18. The van der Waals surface area contributed by atoms with Gasteiger partial charge in [0.05, 0.1) is 18.2 Å². The van der Waals surface area contributed by atoms with Crippen LogP contribution in [0.15, 0.2) is 54.6 Å². The van der Waals surface area contributed by atoms with Crippen LogP contribution in [0.25, 0.3) is 16.9 Å². The molecule has 0 atom stereocenters. The Bertz CT molecular complexity index is 1110. The van der Waals surface area contributed by atoms with Gasteiger partial charge in [0.2, 0.25) is 5.91 Å². The second-order valence-corrected chi connectivity index (χ2v) is 8.56. The van der Waals surface area contributed by atoms with Crippen LogP contribution in [-0.4, -0.2) is 16.5 Å². The Labute approximate surface area is 184 Å². The van der Waals surface area contributed by atoms with Gasteiger partial charge in [-0.15, -0.1) is 0 Å². The van der Waals surface area contributed by atoms with E-state index in [-0.39, 0.29) is 5.91 Å². The number of carbonyl (C=O) groups excluding carboxylic acids is 1. The zero-order valence-electron chi connectivity index (χ0n) is 18.3. The van der Waals surface area contributed by atoms with Crippen LogP contribution >= 0.6 is 0 Å². The average Bonchev–Trinajstić information content (AvgIpc) is 3.14. The molecule has 0 aliphatic heterocycles. The second kappa shape index (κ2) is 9.22. The van der Waals surface area contributed by atoms with Crippen LogP contribution in [0, 0.1) is 25.2 Å². The van der Waals surface area contributed by atoms with Gasteiger partial charge in [0.15, 0.2) is 0 Å². The lowest BCUT2D eigenvalue weighted by Crippen LogP contribution is -2.39. The van der Waals surface area contributed by atoms with Crippen molar-refractivity contribution in [3.8, 4) is 23.0 Å². The number of amides is 1. The van der Waals surface area contributed by atoms with E-state index >= 15 is 0 Å². The largest absolute Gasteiger partial charge is 0.353 e. The molecule has 0 unspecified atom stereocenters. The smallest absolute Gasteiger partial charge is 0.220 e. The van der Waals surface area contributed by atoms with Gasteiger partial charge in [0, 0.05) is 29.4 Å².